The molecule has 0 bridgehead atoms. The molecule has 0 heterocycles. The molecule has 0 saturated heterocycles. The van der Waals surface area contributed by atoms with Crippen molar-refractivity contribution in [2.75, 3.05) is 0 Å². The summed E-state index contributed by atoms with van der Waals surface area (Å²) in [7, 11) is 0. The van der Waals surface area contributed by atoms with Gasteiger partial charge in [0.15, 0.2) is 0 Å². The summed E-state index contributed by atoms with van der Waals surface area (Å²) < 4.78 is -0.199. The van der Waals surface area contributed by atoms with Crippen molar-refractivity contribution in [2.24, 2.45) is 5.92 Å². The van der Waals surface area contributed by atoms with E-state index in [-0.39, 0.29) is 4.32 Å². The van der Waals surface area contributed by atoms with Crippen molar-refractivity contribution >= 4 is 15.9 Å². The molecule has 0 aromatic heterocycles. The third kappa shape index (κ3) is 3.31. The van der Waals surface area contributed by atoms with Crippen LogP contribution in [0.2, 0.25) is 0 Å². The molecule has 13 heavy (non-hydrogen) atoms. The lowest BCUT2D eigenvalue weighted by molar-refractivity contribution is 0.422. The number of nitriles is 1. The summed E-state index contributed by atoms with van der Waals surface area (Å²) in [5.41, 5.74) is 0. The fraction of sp³-hybridized carbons (Fsp3) is 0.909. The number of rotatable bonds is 2. The van der Waals surface area contributed by atoms with Gasteiger partial charge in [-0.05, 0) is 25.2 Å². The van der Waals surface area contributed by atoms with Gasteiger partial charge in [0, 0.05) is 0 Å². The average molecular weight is 244 g/mol. The van der Waals surface area contributed by atoms with Gasteiger partial charge < -0.3 is 0 Å². The molecule has 1 fully saturated rings. The van der Waals surface area contributed by atoms with Crippen molar-refractivity contribution in [3.8, 4) is 6.07 Å². The van der Waals surface area contributed by atoms with Crippen LogP contribution >= 0.6 is 15.9 Å². The van der Waals surface area contributed by atoms with Crippen molar-refractivity contribution in [3.05, 3.63) is 0 Å². The molecule has 0 amide bonds. The van der Waals surface area contributed by atoms with Gasteiger partial charge in [-0.3, -0.25) is 0 Å². The minimum absolute atomic E-state index is 0.199. The smallest absolute Gasteiger partial charge is 0.112 e. The van der Waals surface area contributed by atoms with Crippen LogP contribution in [0.25, 0.3) is 0 Å². The summed E-state index contributed by atoms with van der Waals surface area (Å²) in [6, 6.07) is 2.40. The van der Waals surface area contributed by atoms with Gasteiger partial charge in [-0.15, -0.1) is 0 Å². The Morgan fingerprint density at radius 3 is 2.85 bits per heavy atom. The van der Waals surface area contributed by atoms with Gasteiger partial charge in [0.1, 0.15) is 4.32 Å². The van der Waals surface area contributed by atoms with E-state index < -0.39 is 0 Å². The predicted octanol–water partition coefficient (Wildman–Crippen LogP) is 4.02. The van der Waals surface area contributed by atoms with Gasteiger partial charge in [-0.2, -0.15) is 5.26 Å². The van der Waals surface area contributed by atoms with E-state index in [0.29, 0.717) is 0 Å². The van der Waals surface area contributed by atoms with Crippen molar-refractivity contribution in [1.29, 1.82) is 5.26 Å². The van der Waals surface area contributed by atoms with Crippen LogP contribution in [-0.4, -0.2) is 4.32 Å². The molecule has 2 unspecified atom stereocenters. The van der Waals surface area contributed by atoms with Crippen LogP contribution in [-0.2, 0) is 0 Å². The van der Waals surface area contributed by atoms with Gasteiger partial charge in [-0.25, -0.2) is 0 Å². The predicted molar refractivity (Wildman–Crippen MR) is 58.8 cm³/mol. The van der Waals surface area contributed by atoms with E-state index >= 15 is 0 Å². The first kappa shape index (κ1) is 11.0. The molecule has 1 aliphatic rings. The Labute approximate surface area is 89.6 Å². The molecular formula is C11H18BrN. The molecule has 0 aromatic rings. The highest BCUT2D eigenvalue weighted by Crippen LogP contribution is 2.37. The maximum atomic E-state index is 8.99. The summed E-state index contributed by atoms with van der Waals surface area (Å²) in [6.07, 6.45) is 8.46. The SMILES string of the molecule is CCCC1CCCC(Br)(C#N)CC1. The zero-order chi connectivity index (χ0) is 9.73. The first-order chi connectivity index (χ1) is 6.20. The largest absolute Gasteiger partial charge is 0.197 e. The number of hydrogen-bond acceptors (Lipinski definition) is 1. The van der Waals surface area contributed by atoms with Crippen molar-refractivity contribution in [2.45, 2.75) is 56.2 Å². The quantitative estimate of drug-likeness (QED) is 0.531. The minimum atomic E-state index is -0.199. The standard InChI is InChI=1S/C11H18BrN/c1-2-4-10-5-3-7-11(12,9-13)8-6-10/h10H,2-8H2,1H3. The molecule has 0 radical (unpaired) electrons. The lowest BCUT2D eigenvalue weighted by Gasteiger charge is -2.16. The van der Waals surface area contributed by atoms with Crippen molar-refractivity contribution in [3.63, 3.8) is 0 Å². The third-order valence-electron chi connectivity index (χ3n) is 3.03. The fourth-order valence-corrected chi connectivity index (χ4v) is 2.69. The van der Waals surface area contributed by atoms with Crippen LogP contribution in [0.3, 0.4) is 0 Å². The maximum absolute atomic E-state index is 8.99. The minimum Gasteiger partial charge on any atom is -0.197 e. The topological polar surface area (TPSA) is 23.8 Å². The van der Waals surface area contributed by atoms with E-state index in [2.05, 4.69) is 28.9 Å². The number of alkyl halides is 1. The molecule has 0 aliphatic heterocycles. The van der Waals surface area contributed by atoms with Gasteiger partial charge in [0.25, 0.3) is 0 Å². The highest BCUT2D eigenvalue weighted by Gasteiger charge is 2.29. The van der Waals surface area contributed by atoms with Crippen LogP contribution in [0.4, 0.5) is 0 Å². The van der Waals surface area contributed by atoms with Gasteiger partial charge in [0.2, 0.25) is 0 Å². The second-order valence-electron chi connectivity index (χ2n) is 4.16. The van der Waals surface area contributed by atoms with Gasteiger partial charge in [-0.1, -0.05) is 48.5 Å². The van der Waals surface area contributed by atoms with E-state index in [1.165, 1.54) is 32.1 Å². The summed E-state index contributed by atoms with van der Waals surface area (Å²) in [6.45, 7) is 2.25. The zero-order valence-electron chi connectivity index (χ0n) is 8.35. The molecule has 1 saturated carbocycles. The van der Waals surface area contributed by atoms with E-state index in [1.807, 2.05) is 0 Å². The number of hydrogen-bond donors (Lipinski definition) is 0. The summed E-state index contributed by atoms with van der Waals surface area (Å²) in [4.78, 5) is 0. The molecule has 2 heteroatoms. The highest BCUT2D eigenvalue weighted by atomic mass is 79.9. The Balaban J connectivity index is 2.45. The van der Waals surface area contributed by atoms with Crippen LogP contribution in [0.1, 0.15) is 51.9 Å². The van der Waals surface area contributed by atoms with Crippen LogP contribution in [0.15, 0.2) is 0 Å². The molecule has 0 aromatic carbocycles. The van der Waals surface area contributed by atoms with Crippen molar-refractivity contribution < 1.29 is 0 Å². The van der Waals surface area contributed by atoms with Crippen LogP contribution < -0.4 is 0 Å². The molecule has 74 valence electrons. The Hall–Kier alpha value is -0.0300. The van der Waals surface area contributed by atoms with Gasteiger partial charge in [0.05, 0.1) is 6.07 Å². The summed E-state index contributed by atoms with van der Waals surface area (Å²) in [5, 5.41) is 8.99. The molecule has 1 rings (SSSR count). The maximum Gasteiger partial charge on any atom is 0.112 e. The molecule has 1 nitrogen and oxygen atoms in total. The van der Waals surface area contributed by atoms with Crippen molar-refractivity contribution in [1.82, 2.24) is 0 Å². The van der Waals surface area contributed by atoms with Crippen LogP contribution in [0.5, 0.6) is 0 Å². The normalized spacial score (nSPS) is 35.0. The lowest BCUT2D eigenvalue weighted by Crippen LogP contribution is -2.16. The van der Waals surface area contributed by atoms with E-state index in [0.717, 1.165) is 18.8 Å². The highest BCUT2D eigenvalue weighted by molar-refractivity contribution is 9.10. The number of halogens is 1. The van der Waals surface area contributed by atoms with E-state index in [1.54, 1.807) is 0 Å². The number of nitrogens with zero attached hydrogens (tertiary/aromatic N) is 1. The monoisotopic (exact) mass is 243 g/mol. The Morgan fingerprint density at radius 1 is 1.46 bits per heavy atom. The molecule has 2 atom stereocenters. The molecule has 0 N–H and O–H groups in total. The van der Waals surface area contributed by atoms with E-state index in [9.17, 15) is 0 Å². The first-order valence-corrected chi connectivity index (χ1v) is 6.09. The first-order valence-electron chi connectivity index (χ1n) is 5.30. The Bertz CT molecular complexity index is 197. The Kier molecular flexibility index (Phi) is 4.25. The third-order valence-corrected chi connectivity index (χ3v) is 4.00. The molecular weight excluding hydrogens is 226 g/mol. The lowest BCUT2D eigenvalue weighted by atomic mass is 9.95. The Morgan fingerprint density at radius 2 is 2.23 bits per heavy atom. The van der Waals surface area contributed by atoms with Crippen LogP contribution in [0, 0.1) is 17.2 Å². The van der Waals surface area contributed by atoms with Gasteiger partial charge >= 0.3 is 0 Å². The summed E-state index contributed by atoms with van der Waals surface area (Å²) >= 11 is 3.56. The molecule has 1 aliphatic carbocycles. The van der Waals surface area contributed by atoms with E-state index in [4.69, 9.17) is 5.26 Å². The fourth-order valence-electron chi connectivity index (χ4n) is 2.18. The second kappa shape index (κ2) is 5.00. The zero-order valence-corrected chi connectivity index (χ0v) is 9.94. The molecule has 0 spiro atoms. The summed E-state index contributed by atoms with van der Waals surface area (Å²) in [5.74, 6) is 0.873. The average Bonchev–Trinajstić information content (AvgIpc) is 2.31. The second-order valence-corrected chi connectivity index (χ2v) is 5.68.